The Labute approximate surface area is 74.2 Å². The van der Waals surface area contributed by atoms with Crippen molar-refractivity contribution in [3.8, 4) is 0 Å². The van der Waals surface area contributed by atoms with Crippen molar-refractivity contribution in [3.05, 3.63) is 0 Å². The molecule has 0 aromatic heterocycles. The van der Waals surface area contributed by atoms with Crippen molar-refractivity contribution in [2.75, 3.05) is 12.3 Å². The van der Waals surface area contributed by atoms with Crippen LogP contribution < -0.4 is 5.32 Å². The van der Waals surface area contributed by atoms with Crippen molar-refractivity contribution in [2.45, 2.75) is 20.3 Å². The summed E-state index contributed by atoms with van der Waals surface area (Å²) in [6.45, 7) is 5.11. The Balaban J connectivity index is 3.59. The van der Waals surface area contributed by atoms with E-state index in [4.69, 9.17) is 0 Å². The first-order chi connectivity index (χ1) is 5.22. The van der Waals surface area contributed by atoms with Gasteiger partial charge in [0.25, 0.3) is 0 Å². The Morgan fingerprint density at radius 1 is 1.55 bits per heavy atom. The van der Waals surface area contributed by atoms with Crippen molar-refractivity contribution >= 4 is 19.0 Å². The van der Waals surface area contributed by atoms with Gasteiger partial charge in [-0.05, 0) is 24.0 Å². The minimum absolute atomic E-state index is 0.567. The normalized spacial score (nSPS) is 13.1. The molecule has 0 aromatic rings. The third-order valence-corrected chi connectivity index (χ3v) is 2.16. The summed E-state index contributed by atoms with van der Waals surface area (Å²) >= 11 is 4.16. The van der Waals surface area contributed by atoms with Crippen LogP contribution in [0.25, 0.3) is 0 Å². The van der Waals surface area contributed by atoms with Crippen molar-refractivity contribution in [3.63, 3.8) is 0 Å². The van der Waals surface area contributed by atoms with Gasteiger partial charge in [0.2, 0.25) is 6.41 Å². The molecule has 0 radical (unpaired) electrons. The van der Waals surface area contributed by atoms with E-state index in [1.54, 1.807) is 0 Å². The molecule has 0 rings (SSSR count). The van der Waals surface area contributed by atoms with Gasteiger partial charge in [0.15, 0.2) is 0 Å². The van der Waals surface area contributed by atoms with E-state index in [0.29, 0.717) is 11.8 Å². The summed E-state index contributed by atoms with van der Waals surface area (Å²) < 4.78 is 0. The molecule has 0 aliphatic heterocycles. The van der Waals surface area contributed by atoms with Crippen LogP contribution in [0.4, 0.5) is 0 Å². The highest BCUT2D eigenvalue weighted by molar-refractivity contribution is 7.80. The third kappa shape index (κ3) is 5.13. The van der Waals surface area contributed by atoms with Gasteiger partial charge in [-0.3, -0.25) is 4.79 Å². The first-order valence-electron chi connectivity index (χ1n) is 4.00. The lowest BCUT2D eigenvalue weighted by atomic mass is 9.93. The lowest BCUT2D eigenvalue weighted by Gasteiger charge is -2.18. The molecule has 11 heavy (non-hydrogen) atoms. The van der Waals surface area contributed by atoms with Gasteiger partial charge in [-0.15, -0.1) is 0 Å². The molecule has 1 atom stereocenters. The maximum Gasteiger partial charge on any atom is 0.207 e. The average molecular weight is 175 g/mol. The van der Waals surface area contributed by atoms with E-state index in [1.807, 2.05) is 0 Å². The monoisotopic (exact) mass is 175 g/mol. The zero-order valence-corrected chi connectivity index (χ0v) is 8.10. The van der Waals surface area contributed by atoms with E-state index in [1.165, 1.54) is 0 Å². The second-order valence-electron chi connectivity index (χ2n) is 3.04. The van der Waals surface area contributed by atoms with Crippen LogP contribution in [0, 0.1) is 11.8 Å². The van der Waals surface area contributed by atoms with Crippen LogP contribution in [-0.2, 0) is 4.79 Å². The minimum Gasteiger partial charge on any atom is -0.358 e. The smallest absolute Gasteiger partial charge is 0.207 e. The largest absolute Gasteiger partial charge is 0.358 e. The summed E-state index contributed by atoms with van der Waals surface area (Å²) in [5.74, 6) is 2.08. The number of nitrogens with one attached hydrogen (secondary N) is 1. The summed E-state index contributed by atoms with van der Waals surface area (Å²) in [6, 6.07) is 0. The highest BCUT2D eigenvalue weighted by atomic mass is 32.1. The van der Waals surface area contributed by atoms with E-state index >= 15 is 0 Å². The van der Waals surface area contributed by atoms with Crippen LogP contribution in [0.2, 0.25) is 0 Å². The second kappa shape index (κ2) is 6.53. The Bertz CT molecular complexity index is 106. The van der Waals surface area contributed by atoms with Gasteiger partial charge in [0.1, 0.15) is 0 Å². The molecule has 0 saturated heterocycles. The predicted octanol–water partition coefficient (Wildman–Crippen LogP) is 1.32. The maximum absolute atomic E-state index is 10.0. The number of hydrogen-bond donors (Lipinski definition) is 2. The quantitative estimate of drug-likeness (QED) is 0.463. The molecule has 0 aliphatic rings. The number of hydrogen-bond acceptors (Lipinski definition) is 2. The fourth-order valence-electron chi connectivity index (χ4n) is 1.04. The first kappa shape index (κ1) is 10.8. The van der Waals surface area contributed by atoms with Crippen molar-refractivity contribution in [1.82, 2.24) is 5.32 Å². The van der Waals surface area contributed by atoms with E-state index in [0.717, 1.165) is 25.1 Å². The van der Waals surface area contributed by atoms with Gasteiger partial charge >= 0.3 is 0 Å². The van der Waals surface area contributed by atoms with Crippen LogP contribution in [-0.4, -0.2) is 18.7 Å². The van der Waals surface area contributed by atoms with E-state index in [9.17, 15) is 4.79 Å². The van der Waals surface area contributed by atoms with Crippen molar-refractivity contribution < 1.29 is 4.79 Å². The molecule has 0 aliphatic carbocycles. The maximum atomic E-state index is 10.0. The number of amides is 1. The number of carbonyl (C=O) groups excluding carboxylic acids is 1. The summed E-state index contributed by atoms with van der Waals surface area (Å²) in [4.78, 5) is 10.0. The van der Waals surface area contributed by atoms with E-state index in [2.05, 4.69) is 31.8 Å². The molecule has 2 nitrogen and oxygen atoms in total. The fourth-order valence-corrected chi connectivity index (χ4v) is 1.37. The molecule has 3 heteroatoms. The lowest BCUT2D eigenvalue weighted by Crippen LogP contribution is -2.25. The molecule has 1 unspecified atom stereocenters. The molecule has 0 aromatic carbocycles. The van der Waals surface area contributed by atoms with Crippen molar-refractivity contribution in [2.24, 2.45) is 11.8 Å². The Morgan fingerprint density at radius 2 is 2.18 bits per heavy atom. The molecule has 1 amide bonds. The summed E-state index contributed by atoms with van der Waals surface area (Å²) in [5, 5.41) is 2.70. The lowest BCUT2D eigenvalue weighted by molar-refractivity contribution is -0.109. The zero-order chi connectivity index (χ0) is 8.69. The standard InChI is InChI=1S/C8H17NOS/c1-7(2)8(3-4-11)5-9-6-10/h6-8,11H,3-5H2,1-2H3,(H,9,10). The fraction of sp³-hybridized carbons (Fsp3) is 0.875. The van der Waals surface area contributed by atoms with Gasteiger partial charge in [-0.25, -0.2) is 0 Å². The molecular formula is C8H17NOS. The molecule has 0 spiro atoms. The number of rotatable bonds is 6. The van der Waals surface area contributed by atoms with Crippen LogP contribution in [0.15, 0.2) is 0 Å². The number of thiol groups is 1. The highest BCUT2D eigenvalue weighted by Crippen LogP contribution is 2.14. The highest BCUT2D eigenvalue weighted by Gasteiger charge is 2.10. The third-order valence-electron chi connectivity index (χ3n) is 1.91. The SMILES string of the molecule is CC(C)C(CCS)CNC=O. The molecule has 0 bridgehead atoms. The molecule has 1 N–H and O–H groups in total. The van der Waals surface area contributed by atoms with Crippen molar-refractivity contribution in [1.29, 1.82) is 0 Å². The van der Waals surface area contributed by atoms with Crippen LogP contribution in [0.5, 0.6) is 0 Å². The van der Waals surface area contributed by atoms with Gasteiger partial charge < -0.3 is 5.32 Å². The van der Waals surface area contributed by atoms with Gasteiger partial charge in [-0.1, -0.05) is 13.8 Å². The molecule has 0 saturated carbocycles. The second-order valence-corrected chi connectivity index (χ2v) is 3.49. The molecule has 0 fully saturated rings. The Morgan fingerprint density at radius 3 is 2.55 bits per heavy atom. The van der Waals surface area contributed by atoms with Crippen LogP contribution in [0.3, 0.4) is 0 Å². The first-order valence-corrected chi connectivity index (χ1v) is 4.63. The molecule has 66 valence electrons. The van der Waals surface area contributed by atoms with Gasteiger partial charge in [0.05, 0.1) is 0 Å². The predicted molar refractivity (Wildman–Crippen MR) is 50.9 cm³/mol. The van der Waals surface area contributed by atoms with Crippen LogP contribution in [0.1, 0.15) is 20.3 Å². The molecule has 0 heterocycles. The minimum atomic E-state index is 0.567. The van der Waals surface area contributed by atoms with Crippen LogP contribution >= 0.6 is 12.6 Å². The Kier molecular flexibility index (Phi) is 6.42. The van der Waals surface area contributed by atoms with Gasteiger partial charge in [0, 0.05) is 6.54 Å². The summed E-state index contributed by atoms with van der Waals surface area (Å²) in [6.07, 6.45) is 1.83. The average Bonchev–Trinajstić information content (AvgIpc) is 1.97. The van der Waals surface area contributed by atoms with E-state index in [-0.39, 0.29) is 0 Å². The Hall–Kier alpha value is -0.180. The van der Waals surface area contributed by atoms with E-state index < -0.39 is 0 Å². The topological polar surface area (TPSA) is 29.1 Å². The number of carbonyl (C=O) groups is 1. The molecular weight excluding hydrogens is 158 g/mol. The summed E-state index contributed by atoms with van der Waals surface area (Å²) in [7, 11) is 0. The zero-order valence-electron chi connectivity index (χ0n) is 7.21. The van der Waals surface area contributed by atoms with Gasteiger partial charge in [-0.2, -0.15) is 12.6 Å². The summed E-state index contributed by atoms with van der Waals surface area (Å²) in [5.41, 5.74) is 0.